The van der Waals surface area contributed by atoms with Crippen LogP contribution in [0.25, 0.3) is 0 Å². The molecule has 1 unspecified atom stereocenters. The molecule has 3 nitrogen and oxygen atoms in total. The van der Waals surface area contributed by atoms with Gasteiger partial charge in [0.15, 0.2) is 0 Å². The van der Waals surface area contributed by atoms with Crippen LogP contribution in [-0.4, -0.2) is 16.0 Å². The van der Waals surface area contributed by atoms with Gasteiger partial charge in [0.05, 0.1) is 18.1 Å². The highest BCUT2D eigenvalue weighted by Gasteiger charge is 2.23. The summed E-state index contributed by atoms with van der Waals surface area (Å²) in [5, 5.41) is 3.45. The number of aromatic nitrogens is 2. The van der Waals surface area contributed by atoms with Crippen LogP contribution < -0.4 is 5.32 Å². The lowest BCUT2D eigenvalue weighted by Gasteiger charge is -2.32. The minimum absolute atomic E-state index is 0.551. The van der Waals surface area contributed by atoms with Gasteiger partial charge >= 0.3 is 0 Å². The standard InChI is InChI=1S/C11H17N3/c1-8(10-4-3-5-10)14-11-6-12-9(2)13-7-11/h6-8,10,14H,3-5H2,1-2H3. The molecule has 1 atom stereocenters. The van der Waals surface area contributed by atoms with Crippen LogP contribution in [0.5, 0.6) is 0 Å². The zero-order chi connectivity index (χ0) is 9.97. The normalized spacial score (nSPS) is 18.7. The average molecular weight is 191 g/mol. The van der Waals surface area contributed by atoms with E-state index in [1.54, 1.807) is 0 Å². The number of nitrogens with zero attached hydrogens (tertiary/aromatic N) is 2. The van der Waals surface area contributed by atoms with Gasteiger partial charge in [-0.1, -0.05) is 6.42 Å². The zero-order valence-electron chi connectivity index (χ0n) is 8.83. The molecule has 1 saturated carbocycles. The molecule has 0 spiro atoms. The number of anilines is 1. The number of nitrogens with one attached hydrogen (secondary N) is 1. The summed E-state index contributed by atoms with van der Waals surface area (Å²) in [6.07, 6.45) is 7.83. The van der Waals surface area contributed by atoms with Gasteiger partial charge in [0, 0.05) is 6.04 Å². The second-order valence-corrected chi connectivity index (χ2v) is 4.14. The lowest BCUT2D eigenvalue weighted by atomic mass is 9.80. The summed E-state index contributed by atoms with van der Waals surface area (Å²) in [7, 11) is 0. The van der Waals surface area contributed by atoms with Gasteiger partial charge < -0.3 is 5.32 Å². The molecule has 0 amide bonds. The van der Waals surface area contributed by atoms with Gasteiger partial charge in [-0.2, -0.15) is 0 Å². The Morgan fingerprint density at radius 3 is 2.50 bits per heavy atom. The van der Waals surface area contributed by atoms with Gasteiger partial charge in [-0.25, -0.2) is 9.97 Å². The summed E-state index contributed by atoms with van der Waals surface area (Å²) in [6, 6.07) is 0.551. The third-order valence-electron chi connectivity index (χ3n) is 3.03. The predicted molar refractivity (Wildman–Crippen MR) is 57.2 cm³/mol. The predicted octanol–water partition coefficient (Wildman–Crippen LogP) is 2.39. The Hall–Kier alpha value is -1.12. The fourth-order valence-electron chi connectivity index (χ4n) is 1.79. The van der Waals surface area contributed by atoms with Crippen molar-refractivity contribution in [2.24, 2.45) is 5.92 Å². The number of hydrogen-bond donors (Lipinski definition) is 1. The minimum Gasteiger partial charge on any atom is -0.380 e. The molecule has 1 heterocycles. The van der Waals surface area contributed by atoms with E-state index in [1.807, 2.05) is 19.3 Å². The zero-order valence-corrected chi connectivity index (χ0v) is 8.83. The molecule has 1 aromatic rings. The van der Waals surface area contributed by atoms with Crippen molar-refractivity contribution in [1.82, 2.24) is 9.97 Å². The molecular formula is C11H17N3. The molecule has 0 saturated heterocycles. The molecule has 1 aliphatic carbocycles. The average Bonchev–Trinajstić information content (AvgIpc) is 2.06. The molecule has 0 bridgehead atoms. The van der Waals surface area contributed by atoms with E-state index in [4.69, 9.17) is 0 Å². The molecule has 14 heavy (non-hydrogen) atoms. The maximum absolute atomic E-state index is 4.16. The van der Waals surface area contributed by atoms with Crippen LogP contribution in [0, 0.1) is 12.8 Å². The second kappa shape index (κ2) is 3.95. The molecule has 76 valence electrons. The summed E-state index contributed by atoms with van der Waals surface area (Å²) in [6.45, 7) is 4.14. The smallest absolute Gasteiger partial charge is 0.125 e. The van der Waals surface area contributed by atoms with E-state index in [0.717, 1.165) is 17.4 Å². The molecular weight excluding hydrogens is 174 g/mol. The third kappa shape index (κ3) is 2.03. The largest absolute Gasteiger partial charge is 0.380 e. The number of hydrogen-bond acceptors (Lipinski definition) is 3. The van der Waals surface area contributed by atoms with Crippen molar-refractivity contribution in [3.8, 4) is 0 Å². The highest BCUT2D eigenvalue weighted by molar-refractivity contribution is 5.38. The van der Waals surface area contributed by atoms with E-state index in [0.29, 0.717) is 6.04 Å². The number of rotatable bonds is 3. The van der Waals surface area contributed by atoms with Crippen molar-refractivity contribution in [2.75, 3.05) is 5.32 Å². The SMILES string of the molecule is Cc1ncc(NC(C)C2CCC2)cn1. The summed E-state index contributed by atoms with van der Waals surface area (Å²) in [5.74, 6) is 1.67. The highest BCUT2D eigenvalue weighted by atomic mass is 15.0. The fourth-order valence-corrected chi connectivity index (χ4v) is 1.79. The van der Waals surface area contributed by atoms with Crippen LogP contribution in [-0.2, 0) is 0 Å². The van der Waals surface area contributed by atoms with Crippen LogP contribution >= 0.6 is 0 Å². The van der Waals surface area contributed by atoms with Gasteiger partial charge in [-0.3, -0.25) is 0 Å². The van der Waals surface area contributed by atoms with Gasteiger partial charge in [0.25, 0.3) is 0 Å². The Morgan fingerprint density at radius 1 is 1.36 bits per heavy atom. The lowest BCUT2D eigenvalue weighted by Crippen LogP contribution is -2.30. The monoisotopic (exact) mass is 191 g/mol. The van der Waals surface area contributed by atoms with Gasteiger partial charge in [0.2, 0.25) is 0 Å². The Kier molecular flexibility index (Phi) is 2.66. The summed E-state index contributed by atoms with van der Waals surface area (Å²) >= 11 is 0. The molecule has 3 heteroatoms. The first-order chi connectivity index (χ1) is 6.75. The molecule has 0 aliphatic heterocycles. The van der Waals surface area contributed by atoms with Crippen molar-refractivity contribution in [2.45, 2.75) is 39.2 Å². The van der Waals surface area contributed by atoms with Crippen molar-refractivity contribution < 1.29 is 0 Å². The Labute approximate surface area is 85.0 Å². The maximum Gasteiger partial charge on any atom is 0.125 e. The van der Waals surface area contributed by atoms with Crippen molar-refractivity contribution >= 4 is 5.69 Å². The molecule has 1 aliphatic rings. The van der Waals surface area contributed by atoms with E-state index in [9.17, 15) is 0 Å². The van der Waals surface area contributed by atoms with E-state index >= 15 is 0 Å². The molecule has 1 aromatic heterocycles. The van der Waals surface area contributed by atoms with E-state index < -0.39 is 0 Å². The summed E-state index contributed by atoms with van der Waals surface area (Å²) in [4.78, 5) is 8.32. The molecule has 0 radical (unpaired) electrons. The van der Waals surface area contributed by atoms with Crippen molar-refractivity contribution in [3.05, 3.63) is 18.2 Å². The molecule has 2 rings (SSSR count). The first-order valence-corrected chi connectivity index (χ1v) is 5.31. The van der Waals surface area contributed by atoms with Crippen LogP contribution in [0.2, 0.25) is 0 Å². The van der Waals surface area contributed by atoms with E-state index in [2.05, 4.69) is 22.2 Å². The first kappa shape index (κ1) is 9.44. The quantitative estimate of drug-likeness (QED) is 0.797. The third-order valence-corrected chi connectivity index (χ3v) is 3.03. The van der Waals surface area contributed by atoms with Crippen LogP contribution in [0.3, 0.4) is 0 Å². The number of aryl methyl sites for hydroxylation is 1. The van der Waals surface area contributed by atoms with E-state index in [1.165, 1.54) is 19.3 Å². The van der Waals surface area contributed by atoms with Crippen LogP contribution in [0.15, 0.2) is 12.4 Å². The van der Waals surface area contributed by atoms with Crippen LogP contribution in [0.1, 0.15) is 32.0 Å². The van der Waals surface area contributed by atoms with Crippen LogP contribution in [0.4, 0.5) is 5.69 Å². The maximum atomic E-state index is 4.16. The molecule has 1 N–H and O–H groups in total. The lowest BCUT2D eigenvalue weighted by molar-refractivity contribution is 0.285. The molecule has 1 fully saturated rings. The van der Waals surface area contributed by atoms with E-state index in [-0.39, 0.29) is 0 Å². The van der Waals surface area contributed by atoms with Crippen molar-refractivity contribution in [1.29, 1.82) is 0 Å². The summed E-state index contributed by atoms with van der Waals surface area (Å²) in [5.41, 5.74) is 1.04. The highest BCUT2D eigenvalue weighted by Crippen LogP contribution is 2.30. The molecule has 0 aromatic carbocycles. The minimum atomic E-state index is 0.551. The first-order valence-electron chi connectivity index (χ1n) is 5.31. The Morgan fingerprint density at radius 2 is 2.00 bits per heavy atom. The van der Waals surface area contributed by atoms with Gasteiger partial charge in [-0.15, -0.1) is 0 Å². The Bertz CT molecular complexity index is 290. The van der Waals surface area contributed by atoms with Gasteiger partial charge in [-0.05, 0) is 32.6 Å². The van der Waals surface area contributed by atoms with Crippen molar-refractivity contribution in [3.63, 3.8) is 0 Å². The topological polar surface area (TPSA) is 37.8 Å². The second-order valence-electron chi connectivity index (χ2n) is 4.14. The summed E-state index contributed by atoms with van der Waals surface area (Å²) < 4.78 is 0. The Balaban J connectivity index is 1.92. The van der Waals surface area contributed by atoms with Gasteiger partial charge in [0.1, 0.15) is 5.82 Å². The fraction of sp³-hybridized carbons (Fsp3) is 0.636.